The largest absolute Gasteiger partial charge is 0.288 e. The molecule has 1 aromatic carbocycles. The third-order valence-electron chi connectivity index (χ3n) is 1.94. The number of imide groups is 1. The van der Waals surface area contributed by atoms with E-state index in [4.69, 9.17) is 46.4 Å². The smallest absolute Gasteiger partial charge is 0.261 e. The maximum absolute atomic E-state index is 11.4. The van der Waals surface area contributed by atoms with Gasteiger partial charge in [0, 0.05) is 0 Å². The maximum atomic E-state index is 11.4. The van der Waals surface area contributed by atoms with Crippen LogP contribution in [0.15, 0.2) is 0 Å². The van der Waals surface area contributed by atoms with Crippen molar-refractivity contribution in [3.63, 3.8) is 0 Å². The standard InChI is InChI=1S/C8HCl4NO2/c9-3-1-4(10)6(12)5(11)2(3)8(15)13-7(1)14/h(H,13,14,15). The van der Waals surface area contributed by atoms with Crippen LogP contribution in [0.1, 0.15) is 20.7 Å². The van der Waals surface area contributed by atoms with E-state index >= 15 is 0 Å². The van der Waals surface area contributed by atoms with Crippen LogP contribution in [0.5, 0.6) is 0 Å². The van der Waals surface area contributed by atoms with Crippen LogP contribution in [0.3, 0.4) is 0 Å². The van der Waals surface area contributed by atoms with E-state index < -0.39 is 11.8 Å². The topological polar surface area (TPSA) is 46.2 Å². The molecule has 0 aliphatic carbocycles. The van der Waals surface area contributed by atoms with Gasteiger partial charge in [-0.15, -0.1) is 0 Å². The molecule has 7 heteroatoms. The Balaban J connectivity index is 2.95. The van der Waals surface area contributed by atoms with Gasteiger partial charge < -0.3 is 0 Å². The number of halogens is 4. The highest BCUT2D eigenvalue weighted by Gasteiger charge is 2.33. The van der Waals surface area contributed by atoms with Crippen molar-refractivity contribution in [2.75, 3.05) is 0 Å². The highest BCUT2D eigenvalue weighted by molar-refractivity contribution is 6.54. The van der Waals surface area contributed by atoms with E-state index in [0.29, 0.717) is 0 Å². The molecule has 1 aliphatic rings. The maximum Gasteiger partial charge on any atom is 0.261 e. The van der Waals surface area contributed by atoms with Gasteiger partial charge in [-0.25, -0.2) is 0 Å². The lowest BCUT2D eigenvalue weighted by molar-refractivity contribution is 0.0841. The van der Waals surface area contributed by atoms with E-state index in [9.17, 15) is 9.59 Å². The number of hydrogen-bond donors (Lipinski definition) is 1. The lowest BCUT2D eigenvalue weighted by Gasteiger charge is -2.19. The summed E-state index contributed by atoms with van der Waals surface area (Å²) in [6.45, 7) is 0. The van der Waals surface area contributed by atoms with Crippen LogP contribution in [-0.4, -0.2) is 11.8 Å². The minimum absolute atomic E-state index is 0.0256. The van der Waals surface area contributed by atoms with Crippen molar-refractivity contribution in [3.05, 3.63) is 31.2 Å². The van der Waals surface area contributed by atoms with Gasteiger partial charge in [0.15, 0.2) is 0 Å². The first-order valence-corrected chi connectivity index (χ1v) is 5.18. The average molecular weight is 285 g/mol. The fourth-order valence-corrected chi connectivity index (χ4v) is 2.50. The molecule has 0 fully saturated rings. The van der Waals surface area contributed by atoms with Crippen molar-refractivity contribution in [2.45, 2.75) is 0 Å². The predicted molar refractivity (Wildman–Crippen MR) is 58.3 cm³/mol. The van der Waals surface area contributed by atoms with Crippen LogP contribution >= 0.6 is 46.4 Å². The Kier molecular flexibility index (Phi) is 2.59. The van der Waals surface area contributed by atoms with Gasteiger partial charge in [0.1, 0.15) is 0 Å². The third kappa shape index (κ3) is 1.42. The minimum Gasteiger partial charge on any atom is -0.288 e. The van der Waals surface area contributed by atoms with Crippen LogP contribution < -0.4 is 5.32 Å². The normalized spacial score (nSPS) is 14.1. The van der Waals surface area contributed by atoms with Crippen LogP contribution in [0.2, 0.25) is 20.1 Å². The summed E-state index contributed by atoms with van der Waals surface area (Å²) in [5.41, 5.74) is -0.0512. The molecule has 0 aromatic heterocycles. The number of hydrogen-bond acceptors (Lipinski definition) is 2. The molecule has 2 bridgehead atoms. The summed E-state index contributed by atoms with van der Waals surface area (Å²) < 4.78 is 0. The number of carbonyl (C=O) groups is 2. The Hall–Kier alpha value is -0.480. The third-order valence-corrected chi connectivity index (χ3v) is 3.65. The van der Waals surface area contributed by atoms with E-state index in [1.54, 1.807) is 0 Å². The number of benzene rings is 1. The molecule has 3 nitrogen and oxygen atoms in total. The number of rotatable bonds is 0. The van der Waals surface area contributed by atoms with Crippen molar-refractivity contribution < 1.29 is 9.59 Å². The Morgan fingerprint density at radius 1 is 0.667 bits per heavy atom. The molecule has 0 spiro atoms. The summed E-state index contributed by atoms with van der Waals surface area (Å²) in [6, 6.07) is 0. The molecule has 0 saturated carbocycles. The number of carbonyl (C=O) groups excluding carboxylic acids is 2. The average Bonchev–Trinajstić information content (AvgIpc) is 2.13. The van der Waals surface area contributed by atoms with Crippen LogP contribution in [0, 0.1) is 0 Å². The molecule has 15 heavy (non-hydrogen) atoms. The van der Waals surface area contributed by atoms with Gasteiger partial charge in [-0.3, -0.25) is 14.9 Å². The SMILES string of the molecule is O=C1NC(=O)c2c(Cl)c(Cl)c(Cl)c1c2Cl. The summed E-state index contributed by atoms with van der Waals surface area (Å²) >= 11 is 23.1. The molecular weight excluding hydrogens is 284 g/mol. The molecule has 2 rings (SSSR count). The van der Waals surface area contributed by atoms with Crippen molar-refractivity contribution in [2.24, 2.45) is 0 Å². The summed E-state index contributed by atoms with van der Waals surface area (Å²) in [5.74, 6) is -1.36. The molecule has 1 aliphatic heterocycles. The van der Waals surface area contributed by atoms with Crippen LogP contribution in [0.4, 0.5) is 0 Å². The molecule has 0 atom stereocenters. The fraction of sp³-hybridized carbons (Fsp3) is 0. The van der Waals surface area contributed by atoms with E-state index in [2.05, 4.69) is 5.32 Å². The van der Waals surface area contributed by atoms with Gasteiger partial charge >= 0.3 is 0 Å². The molecule has 0 radical (unpaired) electrons. The molecule has 1 aromatic rings. The van der Waals surface area contributed by atoms with Gasteiger partial charge in [-0.1, -0.05) is 46.4 Å². The minimum atomic E-state index is -0.680. The van der Waals surface area contributed by atoms with Gasteiger partial charge in [-0.2, -0.15) is 0 Å². The van der Waals surface area contributed by atoms with Crippen molar-refractivity contribution in [1.82, 2.24) is 5.32 Å². The lowest BCUT2D eigenvalue weighted by atomic mass is 10.0. The molecule has 78 valence electrons. The molecule has 0 unspecified atom stereocenters. The predicted octanol–water partition coefficient (Wildman–Crippen LogP) is 3.18. The van der Waals surface area contributed by atoms with E-state index in [1.165, 1.54) is 0 Å². The van der Waals surface area contributed by atoms with Gasteiger partial charge in [0.2, 0.25) is 0 Å². The number of amides is 2. The van der Waals surface area contributed by atoms with Crippen LogP contribution in [0.25, 0.3) is 0 Å². The Bertz CT molecular complexity index is 471. The van der Waals surface area contributed by atoms with Crippen LogP contribution in [-0.2, 0) is 0 Å². The second-order valence-electron chi connectivity index (χ2n) is 2.79. The fourth-order valence-electron chi connectivity index (χ4n) is 1.26. The zero-order valence-electron chi connectivity index (χ0n) is 6.83. The van der Waals surface area contributed by atoms with Crippen molar-refractivity contribution in [1.29, 1.82) is 0 Å². The zero-order valence-corrected chi connectivity index (χ0v) is 9.85. The molecule has 1 heterocycles. The first-order chi connectivity index (χ1) is 6.95. The first kappa shape index (κ1) is 11.0. The van der Waals surface area contributed by atoms with Gasteiger partial charge in [0.25, 0.3) is 11.8 Å². The molecular formula is C8HCl4NO2. The quantitative estimate of drug-likeness (QED) is 0.452. The Morgan fingerprint density at radius 2 is 1.07 bits per heavy atom. The summed E-state index contributed by atoms with van der Waals surface area (Å²) in [4.78, 5) is 22.7. The zero-order chi connectivity index (χ0) is 11.3. The van der Waals surface area contributed by atoms with Crippen molar-refractivity contribution >= 4 is 58.2 Å². The van der Waals surface area contributed by atoms with E-state index in [-0.39, 0.29) is 31.2 Å². The number of nitrogens with one attached hydrogen (secondary N) is 1. The Labute approximate surface area is 104 Å². The Morgan fingerprint density at radius 3 is 1.47 bits per heavy atom. The highest BCUT2D eigenvalue weighted by atomic mass is 35.5. The first-order valence-electron chi connectivity index (χ1n) is 3.66. The van der Waals surface area contributed by atoms with E-state index in [0.717, 1.165) is 0 Å². The highest BCUT2D eigenvalue weighted by Crippen LogP contribution is 2.42. The second-order valence-corrected chi connectivity index (χ2v) is 4.30. The lowest BCUT2D eigenvalue weighted by Crippen LogP contribution is -2.36. The summed E-state index contributed by atoms with van der Waals surface area (Å²) in [7, 11) is 0. The number of fused-ring (bicyclic) bond motifs is 2. The molecule has 1 N–H and O–H groups in total. The van der Waals surface area contributed by atoms with E-state index in [1.807, 2.05) is 0 Å². The monoisotopic (exact) mass is 283 g/mol. The van der Waals surface area contributed by atoms with Gasteiger partial charge in [0.05, 0.1) is 31.2 Å². The van der Waals surface area contributed by atoms with Gasteiger partial charge in [-0.05, 0) is 0 Å². The summed E-state index contributed by atoms with van der Waals surface area (Å²) in [5, 5.41) is 1.83. The summed E-state index contributed by atoms with van der Waals surface area (Å²) in [6.07, 6.45) is 0. The molecule has 2 amide bonds. The second kappa shape index (κ2) is 3.52. The molecule has 0 saturated heterocycles. The van der Waals surface area contributed by atoms with Crippen molar-refractivity contribution in [3.8, 4) is 0 Å².